The fourth-order valence-electron chi connectivity index (χ4n) is 3.86. The van der Waals surface area contributed by atoms with Gasteiger partial charge in [0.1, 0.15) is 0 Å². The normalized spacial score (nSPS) is 23.1. The number of benzene rings is 1. The minimum Gasteiger partial charge on any atom is -0.331 e. The molecule has 4 rings (SSSR count). The fraction of sp³-hybridized carbons (Fsp3) is 0.368. The molecule has 1 aromatic carbocycles. The highest BCUT2D eigenvalue weighted by molar-refractivity contribution is 7.12. The second kappa shape index (κ2) is 6.49. The quantitative estimate of drug-likeness (QED) is 0.874. The second-order valence-corrected chi connectivity index (χ2v) is 7.39. The highest BCUT2D eigenvalue weighted by Crippen LogP contribution is 2.30. The maximum Gasteiger partial charge on any atom is 0.255 e. The van der Waals surface area contributed by atoms with Gasteiger partial charge in [-0.2, -0.15) is 0 Å². The molecule has 0 saturated carbocycles. The Labute approximate surface area is 145 Å². The lowest BCUT2D eigenvalue weighted by molar-refractivity contribution is 0.0677. The molecule has 2 aliphatic rings. The number of thiophene rings is 1. The van der Waals surface area contributed by atoms with Crippen LogP contribution in [0.25, 0.3) is 0 Å². The first-order valence-electron chi connectivity index (χ1n) is 8.46. The highest BCUT2D eigenvalue weighted by Gasteiger charge is 2.39. The highest BCUT2D eigenvalue weighted by atomic mass is 32.1. The molecule has 0 spiro atoms. The van der Waals surface area contributed by atoms with Crippen LogP contribution in [-0.4, -0.2) is 41.8 Å². The van der Waals surface area contributed by atoms with Gasteiger partial charge in [0.25, 0.3) is 5.91 Å². The summed E-state index contributed by atoms with van der Waals surface area (Å²) in [5.41, 5.74) is 1.05. The zero-order chi connectivity index (χ0) is 16.5. The van der Waals surface area contributed by atoms with Crippen molar-refractivity contribution >= 4 is 23.0 Å². The summed E-state index contributed by atoms with van der Waals surface area (Å²) in [6, 6.07) is 11.5. The Morgan fingerprint density at radius 2 is 1.79 bits per heavy atom. The molecule has 0 aliphatic carbocycles. The topological polar surface area (TPSA) is 49.4 Å². The van der Waals surface area contributed by atoms with E-state index in [4.69, 9.17) is 0 Å². The van der Waals surface area contributed by atoms with Crippen LogP contribution < -0.4 is 5.32 Å². The van der Waals surface area contributed by atoms with Crippen molar-refractivity contribution in [2.45, 2.75) is 31.3 Å². The monoisotopic (exact) mass is 340 g/mol. The molecule has 2 bridgehead atoms. The van der Waals surface area contributed by atoms with E-state index in [0.717, 1.165) is 32.4 Å². The van der Waals surface area contributed by atoms with Crippen molar-refractivity contribution in [2.24, 2.45) is 0 Å². The van der Waals surface area contributed by atoms with Gasteiger partial charge in [0.05, 0.1) is 10.4 Å². The molecule has 4 nitrogen and oxygen atoms in total. The molecular weight excluding hydrogens is 320 g/mol. The number of fused-ring (bicyclic) bond motifs is 2. The van der Waals surface area contributed by atoms with E-state index in [0.29, 0.717) is 22.0 Å². The summed E-state index contributed by atoms with van der Waals surface area (Å²) in [5.74, 6) is -0.0547. The number of hydrogen-bond donors (Lipinski definition) is 1. The number of carbonyl (C=O) groups excluding carboxylic acids is 2. The van der Waals surface area contributed by atoms with E-state index in [-0.39, 0.29) is 17.7 Å². The molecule has 2 saturated heterocycles. The van der Waals surface area contributed by atoms with E-state index < -0.39 is 0 Å². The van der Waals surface area contributed by atoms with Gasteiger partial charge in [0, 0.05) is 24.2 Å². The number of carbonyl (C=O) groups is 2. The molecule has 24 heavy (non-hydrogen) atoms. The van der Waals surface area contributed by atoms with Gasteiger partial charge in [-0.05, 0) is 43.3 Å². The first-order chi connectivity index (χ1) is 11.8. The van der Waals surface area contributed by atoms with E-state index in [1.54, 1.807) is 12.1 Å². The van der Waals surface area contributed by atoms with Gasteiger partial charge in [-0.25, -0.2) is 0 Å². The Morgan fingerprint density at radius 1 is 1.00 bits per heavy atom. The molecule has 2 unspecified atom stereocenters. The minimum atomic E-state index is -0.0609. The third-order valence-corrected chi connectivity index (χ3v) is 5.90. The summed E-state index contributed by atoms with van der Waals surface area (Å²) in [6.45, 7) is 1.81. The van der Waals surface area contributed by atoms with Gasteiger partial charge in [0.2, 0.25) is 5.78 Å². The Kier molecular flexibility index (Phi) is 4.21. The van der Waals surface area contributed by atoms with Gasteiger partial charge in [-0.1, -0.05) is 24.3 Å². The number of nitrogens with one attached hydrogen (secondary N) is 1. The molecule has 1 amide bonds. The lowest BCUT2D eigenvalue weighted by Crippen LogP contribution is -2.43. The summed E-state index contributed by atoms with van der Waals surface area (Å²) >= 11 is 1.41. The predicted molar refractivity (Wildman–Crippen MR) is 94.7 cm³/mol. The molecule has 124 valence electrons. The van der Waals surface area contributed by atoms with Crippen molar-refractivity contribution in [3.63, 3.8) is 0 Å². The van der Waals surface area contributed by atoms with Crippen LogP contribution in [-0.2, 0) is 0 Å². The Morgan fingerprint density at radius 3 is 2.58 bits per heavy atom. The number of ketones is 1. The van der Waals surface area contributed by atoms with Crippen LogP contribution in [0.1, 0.15) is 44.9 Å². The van der Waals surface area contributed by atoms with E-state index in [2.05, 4.69) is 5.32 Å². The van der Waals surface area contributed by atoms with Crippen LogP contribution in [0.15, 0.2) is 41.8 Å². The number of amides is 1. The molecule has 1 N–H and O–H groups in total. The van der Waals surface area contributed by atoms with Crippen molar-refractivity contribution in [2.75, 3.05) is 13.1 Å². The Bertz CT molecular complexity index is 742. The fourth-order valence-corrected chi connectivity index (χ4v) is 4.54. The lowest BCUT2D eigenvalue weighted by Gasteiger charge is -2.28. The van der Waals surface area contributed by atoms with E-state index >= 15 is 0 Å². The zero-order valence-electron chi connectivity index (χ0n) is 13.4. The molecule has 2 aliphatic heterocycles. The van der Waals surface area contributed by atoms with Gasteiger partial charge in [-0.15, -0.1) is 11.3 Å². The van der Waals surface area contributed by atoms with Gasteiger partial charge >= 0.3 is 0 Å². The lowest BCUT2D eigenvalue weighted by atomic mass is 10.0. The summed E-state index contributed by atoms with van der Waals surface area (Å²) in [4.78, 5) is 28.8. The molecule has 2 aromatic rings. The van der Waals surface area contributed by atoms with Crippen molar-refractivity contribution in [3.05, 3.63) is 57.8 Å². The van der Waals surface area contributed by atoms with Crippen LogP contribution in [0.3, 0.4) is 0 Å². The Balaban J connectivity index is 1.69. The molecule has 0 radical (unpaired) electrons. The maximum atomic E-state index is 13.3. The molecule has 3 heterocycles. The smallest absolute Gasteiger partial charge is 0.255 e. The van der Waals surface area contributed by atoms with Crippen LogP contribution in [0.5, 0.6) is 0 Å². The summed E-state index contributed by atoms with van der Waals surface area (Å²) in [5, 5.41) is 5.30. The average molecular weight is 340 g/mol. The van der Waals surface area contributed by atoms with Gasteiger partial charge in [0.15, 0.2) is 0 Å². The summed E-state index contributed by atoms with van der Waals surface area (Å²) in [6.07, 6.45) is 3.10. The summed E-state index contributed by atoms with van der Waals surface area (Å²) < 4.78 is 0. The van der Waals surface area contributed by atoms with Crippen LogP contribution in [0, 0.1) is 0 Å². The first kappa shape index (κ1) is 15.5. The number of nitrogens with zero attached hydrogens (tertiary/aromatic N) is 1. The molecule has 2 atom stereocenters. The van der Waals surface area contributed by atoms with E-state index in [9.17, 15) is 9.59 Å². The third-order valence-electron chi connectivity index (χ3n) is 5.04. The zero-order valence-corrected chi connectivity index (χ0v) is 14.2. The standard InChI is InChI=1S/C19H20N2O2S/c22-18(17-6-3-11-24-17)15-4-1-2-5-16(15)19(23)21-13-7-8-14(21)12-20-10-9-13/h1-6,11,13-14,20H,7-10,12H2. The van der Waals surface area contributed by atoms with Crippen molar-refractivity contribution < 1.29 is 9.59 Å². The second-order valence-electron chi connectivity index (χ2n) is 6.44. The van der Waals surface area contributed by atoms with Crippen LogP contribution in [0.2, 0.25) is 0 Å². The average Bonchev–Trinajstić information content (AvgIpc) is 3.21. The van der Waals surface area contributed by atoms with Crippen LogP contribution in [0.4, 0.5) is 0 Å². The van der Waals surface area contributed by atoms with Crippen molar-refractivity contribution in [1.82, 2.24) is 10.2 Å². The predicted octanol–water partition coefficient (Wildman–Crippen LogP) is 2.95. The van der Waals surface area contributed by atoms with Gasteiger partial charge < -0.3 is 10.2 Å². The number of rotatable bonds is 3. The molecule has 1 aromatic heterocycles. The van der Waals surface area contributed by atoms with E-state index in [1.165, 1.54) is 11.3 Å². The van der Waals surface area contributed by atoms with Crippen molar-refractivity contribution in [3.8, 4) is 0 Å². The molecule has 5 heteroatoms. The molecule has 2 fully saturated rings. The summed E-state index contributed by atoms with van der Waals surface area (Å²) in [7, 11) is 0. The first-order valence-corrected chi connectivity index (χ1v) is 9.34. The number of hydrogen-bond acceptors (Lipinski definition) is 4. The van der Waals surface area contributed by atoms with Crippen molar-refractivity contribution in [1.29, 1.82) is 0 Å². The third kappa shape index (κ3) is 2.68. The van der Waals surface area contributed by atoms with Crippen LogP contribution >= 0.6 is 11.3 Å². The van der Waals surface area contributed by atoms with Gasteiger partial charge in [-0.3, -0.25) is 9.59 Å². The molecular formula is C19H20N2O2S. The van der Waals surface area contributed by atoms with E-state index in [1.807, 2.05) is 34.5 Å². The maximum absolute atomic E-state index is 13.3. The Hall–Kier alpha value is -1.98. The largest absolute Gasteiger partial charge is 0.331 e. The SMILES string of the molecule is O=C(c1cccs1)c1ccccc1C(=O)N1C2CCNCC1CC2. The minimum absolute atomic E-state index is 0.00621.